The number of hydrogen-bond acceptors (Lipinski definition) is 4. The fourth-order valence-corrected chi connectivity index (χ4v) is 10.3. The first kappa shape index (κ1) is 36.7. The van der Waals surface area contributed by atoms with Gasteiger partial charge in [-0.2, -0.15) is 0 Å². The van der Waals surface area contributed by atoms with Crippen LogP contribution in [-0.2, 0) is 0 Å². The second-order valence-corrected chi connectivity index (χ2v) is 16.6. The van der Waals surface area contributed by atoms with E-state index in [-0.39, 0.29) is 33.1 Å². The zero-order valence-electron chi connectivity index (χ0n) is 33.0. The first-order valence-corrected chi connectivity index (χ1v) is 21.0. The van der Waals surface area contributed by atoms with Crippen LogP contribution >= 0.6 is 11.3 Å². The fraction of sp³-hybridized carbons (Fsp3) is 0. The van der Waals surface area contributed by atoms with Crippen molar-refractivity contribution < 1.29 is 0 Å². The summed E-state index contributed by atoms with van der Waals surface area (Å²) in [6.07, 6.45) is 0. The molecule has 0 atom stereocenters. The third-order valence-electron chi connectivity index (χ3n) is 12.0. The highest BCUT2D eigenvalue weighted by atomic mass is 32.1. The summed E-state index contributed by atoms with van der Waals surface area (Å²) in [5, 5.41) is 7.16. The second kappa shape index (κ2) is 14.0. The lowest BCUT2D eigenvalue weighted by Crippen LogP contribution is -2.55. The summed E-state index contributed by atoms with van der Waals surface area (Å²) in [4.78, 5) is 15.3. The van der Waals surface area contributed by atoms with Gasteiger partial charge in [0.15, 0.2) is 17.5 Å². The summed E-state index contributed by atoms with van der Waals surface area (Å²) in [7, 11) is 32.4. The first-order valence-electron chi connectivity index (χ1n) is 20.1. The van der Waals surface area contributed by atoms with Gasteiger partial charge in [-0.05, 0) is 60.7 Å². The van der Waals surface area contributed by atoms with E-state index in [9.17, 15) is 0 Å². The molecule has 0 aliphatic rings. The molecule has 0 unspecified atom stereocenters. The molecule has 0 fully saturated rings. The number of aromatic nitrogens is 5. The van der Waals surface area contributed by atoms with E-state index in [1.807, 2.05) is 47.7 Å². The Labute approximate surface area is 367 Å². The molecule has 0 bridgehead atoms. The molecular weight excluding hydrogens is 769 g/mol. The zero-order valence-corrected chi connectivity index (χ0v) is 33.9. The predicted molar refractivity (Wildman–Crippen MR) is 265 cm³/mol. The summed E-state index contributed by atoms with van der Waals surface area (Å²) in [6.45, 7) is 0. The molecule has 12 rings (SSSR count). The Kier molecular flexibility index (Phi) is 8.28. The molecule has 12 aromatic rings. The van der Waals surface area contributed by atoms with Gasteiger partial charge in [0.2, 0.25) is 0 Å². The second-order valence-electron chi connectivity index (χ2n) is 15.5. The largest absolute Gasteiger partial charge is 0.309 e. The highest BCUT2D eigenvalue weighted by Crippen LogP contribution is 2.43. The molecular formula is C51H26B5N5S. The van der Waals surface area contributed by atoms with Crippen LogP contribution in [-0.4, -0.2) is 63.3 Å². The van der Waals surface area contributed by atoms with Crippen molar-refractivity contribution in [3.8, 4) is 45.5 Å². The SMILES string of the molecule is [B]c1c([B])c([B])c(-c2nc(-c3cccc(-n4c5ccccc5c5c6c(ccc54)sc4ccccc46)c3)nc(-c3ccc4c5ccccc5n(-c5ccccc5)c4c3)n2)c([B])c1[B]. The zero-order chi connectivity index (χ0) is 41.8. The molecule has 4 heterocycles. The molecule has 0 aliphatic carbocycles. The third kappa shape index (κ3) is 5.44. The Balaban J connectivity index is 1.10. The van der Waals surface area contributed by atoms with Crippen LogP contribution in [0.5, 0.6) is 0 Å². The Bertz CT molecular complexity index is 3810. The lowest BCUT2D eigenvalue weighted by atomic mass is 9.60. The average Bonchev–Trinajstić information content (AvgIpc) is 3.98. The van der Waals surface area contributed by atoms with E-state index >= 15 is 0 Å². The lowest BCUT2D eigenvalue weighted by molar-refractivity contribution is 1.07. The molecule has 62 heavy (non-hydrogen) atoms. The number of rotatable bonds is 5. The van der Waals surface area contributed by atoms with Gasteiger partial charge in [0, 0.05) is 69.8 Å². The Morgan fingerprint density at radius 2 is 0.919 bits per heavy atom. The number of fused-ring (bicyclic) bond motifs is 10. The highest BCUT2D eigenvalue weighted by molar-refractivity contribution is 7.26. The Morgan fingerprint density at radius 3 is 1.68 bits per heavy atom. The van der Waals surface area contributed by atoms with Crippen molar-refractivity contribution in [2.75, 3.05) is 0 Å². The predicted octanol–water partition coefficient (Wildman–Crippen LogP) is 7.40. The Morgan fingerprint density at radius 1 is 0.355 bits per heavy atom. The van der Waals surface area contributed by atoms with E-state index in [4.69, 9.17) is 54.2 Å². The highest BCUT2D eigenvalue weighted by Gasteiger charge is 2.22. The number of hydrogen-bond donors (Lipinski definition) is 0. The standard InChI is InChI=1S/C51H26B5N5S/c52-44-43(45(53)47(55)48(56)46(44)54)51-58-49(57-50(59-51)28-21-22-32-31-15-4-7-18-35(31)60(38(32)26-28)29-12-2-1-3-13-29)27-11-10-14-30(25-27)61-36-19-8-5-16-33(36)41-37(61)23-24-40-42(41)34-17-6-9-20-39(34)62-40/h1-26H. The van der Waals surface area contributed by atoms with E-state index in [1.54, 1.807) is 0 Å². The van der Waals surface area contributed by atoms with Crippen LogP contribution in [0.3, 0.4) is 0 Å². The van der Waals surface area contributed by atoms with E-state index in [1.165, 1.54) is 30.9 Å². The molecule has 11 heteroatoms. The monoisotopic (exact) mass is 795 g/mol. The quantitative estimate of drug-likeness (QED) is 0.171. The van der Waals surface area contributed by atoms with Gasteiger partial charge in [0.1, 0.15) is 39.2 Å². The van der Waals surface area contributed by atoms with Crippen molar-refractivity contribution >= 4 is 142 Å². The number of benzene rings is 8. The van der Waals surface area contributed by atoms with Crippen molar-refractivity contribution in [2.45, 2.75) is 0 Å². The fourth-order valence-electron chi connectivity index (χ4n) is 9.14. The summed E-state index contributed by atoms with van der Waals surface area (Å²) >= 11 is 1.82. The smallest absolute Gasteiger partial charge is 0.164 e. The van der Waals surface area contributed by atoms with E-state index < -0.39 is 0 Å². The summed E-state index contributed by atoms with van der Waals surface area (Å²) in [6, 6.07) is 54.9. The lowest BCUT2D eigenvalue weighted by Gasteiger charge is -2.20. The first-order chi connectivity index (χ1) is 30.3. The van der Waals surface area contributed by atoms with Gasteiger partial charge in [0.25, 0.3) is 0 Å². The van der Waals surface area contributed by atoms with Gasteiger partial charge in [-0.15, -0.1) is 27.7 Å². The molecule has 0 amide bonds. The van der Waals surface area contributed by atoms with Crippen LogP contribution in [0.15, 0.2) is 158 Å². The summed E-state index contributed by atoms with van der Waals surface area (Å²) < 4.78 is 7.10. The molecule has 0 N–H and O–H groups in total. The van der Waals surface area contributed by atoms with Crippen LogP contribution in [0.25, 0.3) is 109 Å². The maximum atomic E-state index is 6.68. The third-order valence-corrected chi connectivity index (χ3v) is 13.2. The van der Waals surface area contributed by atoms with Gasteiger partial charge < -0.3 is 9.13 Å². The molecule has 0 aliphatic heterocycles. The molecule has 0 saturated carbocycles. The van der Waals surface area contributed by atoms with E-state index in [2.05, 4.69) is 130 Å². The van der Waals surface area contributed by atoms with Gasteiger partial charge in [-0.3, -0.25) is 0 Å². The molecule has 276 valence electrons. The van der Waals surface area contributed by atoms with Gasteiger partial charge in [0.05, 0.1) is 22.1 Å². The topological polar surface area (TPSA) is 48.5 Å². The van der Waals surface area contributed by atoms with Gasteiger partial charge in [-0.25, -0.2) is 15.0 Å². The number of para-hydroxylation sites is 3. The molecule has 0 saturated heterocycles. The van der Waals surface area contributed by atoms with Crippen LogP contribution in [0, 0.1) is 0 Å². The number of nitrogens with zero attached hydrogens (tertiary/aromatic N) is 5. The van der Waals surface area contributed by atoms with Crippen molar-refractivity contribution in [2.24, 2.45) is 0 Å². The van der Waals surface area contributed by atoms with Crippen LogP contribution < -0.4 is 27.3 Å². The minimum absolute atomic E-state index is 0.115. The summed E-state index contributed by atoms with van der Waals surface area (Å²) in [5.41, 5.74) is 8.72. The van der Waals surface area contributed by atoms with E-state index in [0.29, 0.717) is 17.2 Å². The van der Waals surface area contributed by atoms with Gasteiger partial charge >= 0.3 is 0 Å². The normalized spacial score (nSPS) is 11.9. The van der Waals surface area contributed by atoms with E-state index in [0.717, 1.165) is 55.3 Å². The molecule has 4 aromatic heterocycles. The average molecular weight is 795 g/mol. The van der Waals surface area contributed by atoms with Crippen molar-refractivity contribution in [3.05, 3.63) is 158 Å². The maximum Gasteiger partial charge on any atom is 0.164 e. The van der Waals surface area contributed by atoms with Crippen molar-refractivity contribution in [1.82, 2.24) is 24.1 Å². The number of thiophene rings is 1. The molecule has 0 spiro atoms. The van der Waals surface area contributed by atoms with Gasteiger partial charge in [-0.1, -0.05) is 108 Å². The summed E-state index contributed by atoms with van der Waals surface area (Å²) in [5.74, 6) is 1.05. The Hall–Kier alpha value is -7.09. The molecule has 10 radical (unpaired) electrons. The van der Waals surface area contributed by atoms with Crippen LogP contribution in [0.4, 0.5) is 0 Å². The van der Waals surface area contributed by atoms with Crippen molar-refractivity contribution in [1.29, 1.82) is 0 Å². The minimum atomic E-state index is 0.115. The molecule has 8 aromatic carbocycles. The van der Waals surface area contributed by atoms with Crippen LogP contribution in [0.2, 0.25) is 0 Å². The van der Waals surface area contributed by atoms with Crippen molar-refractivity contribution in [3.63, 3.8) is 0 Å². The van der Waals surface area contributed by atoms with Crippen LogP contribution in [0.1, 0.15) is 0 Å². The minimum Gasteiger partial charge on any atom is -0.309 e. The maximum absolute atomic E-state index is 6.68. The molecule has 5 nitrogen and oxygen atoms in total.